The lowest BCUT2D eigenvalue weighted by molar-refractivity contribution is 0.0599. The molecule has 1 aromatic carbocycles. The van der Waals surface area contributed by atoms with E-state index < -0.39 is 11.5 Å². The molecule has 3 rings (SSSR count). The molecular formula is C17H13BrN2O5. The number of hydrogen-bond donors (Lipinski definition) is 0. The van der Waals surface area contributed by atoms with Crippen LogP contribution in [0.5, 0.6) is 11.5 Å². The summed E-state index contributed by atoms with van der Waals surface area (Å²) in [5.41, 5.74) is 0.262. The van der Waals surface area contributed by atoms with Gasteiger partial charge in [-0.25, -0.2) is 4.79 Å². The summed E-state index contributed by atoms with van der Waals surface area (Å²) in [5, 5.41) is 9.14. The molecule has 128 valence electrons. The van der Waals surface area contributed by atoms with Gasteiger partial charge >= 0.3 is 5.97 Å². The molecule has 0 aliphatic carbocycles. The number of nitrogens with zero attached hydrogens (tertiary/aromatic N) is 2. The molecule has 1 aliphatic rings. The van der Waals surface area contributed by atoms with Gasteiger partial charge in [0.2, 0.25) is 0 Å². The molecule has 8 heteroatoms. The first-order valence-corrected chi connectivity index (χ1v) is 8.13. The van der Waals surface area contributed by atoms with Crippen molar-refractivity contribution in [3.8, 4) is 17.6 Å². The molecule has 2 aromatic rings. The van der Waals surface area contributed by atoms with Crippen LogP contribution in [0, 0.1) is 11.3 Å². The summed E-state index contributed by atoms with van der Waals surface area (Å²) in [5.74, 6) is 0.587. The summed E-state index contributed by atoms with van der Waals surface area (Å²) < 4.78 is 17.7. The van der Waals surface area contributed by atoms with Gasteiger partial charge in [0.15, 0.2) is 11.5 Å². The Kier molecular flexibility index (Phi) is 4.76. The Hall–Kier alpha value is -2.79. The lowest BCUT2D eigenvalue weighted by Gasteiger charge is -2.20. The zero-order valence-electron chi connectivity index (χ0n) is 13.2. The summed E-state index contributed by atoms with van der Waals surface area (Å²) in [6.45, 7) is 1.07. The molecule has 25 heavy (non-hydrogen) atoms. The molecule has 1 aliphatic heterocycles. The third-order valence-corrected chi connectivity index (χ3v) is 4.42. The van der Waals surface area contributed by atoms with Gasteiger partial charge in [-0.2, -0.15) is 5.26 Å². The second-order valence-electron chi connectivity index (χ2n) is 5.27. The van der Waals surface area contributed by atoms with Crippen LogP contribution in [0.1, 0.15) is 21.5 Å². The molecule has 0 N–H and O–H groups in total. The highest BCUT2D eigenvalue weighted by molar-refractivity contribution is 9.10. The van der Waals surface area contributed by atoms with Crippen molar-refractivity contribution in [1.29, 1.82) is 5.26 Å². The number of esters is 1. The topological polar surface area (TPSA) is 90.6 Å². The zero-order chi connectivity index (χ0) is 18.0. The summed E-state index contributed by atoms with van der Waals surface area (Å²) in [6, 6.07) is 6.57. The Bertz CT molecular complexity index is 945. The molecule has 0 spiro atoms. The SMILES string of the molecule is COC(=O)c1cc(C#N)c(=O)n(Cc2cc3c(cc2Br)OCCO3)c1. The monoisotopic (exact) mass is 404 g/mol. The molecule has 0 bridgehead atoms. The highest BCUT2D eigenvalue weighted by Gasteiger charge is 2.17. The maximum Gasteiger partial charge on any atom is 0.339 e. The van der Waals surface area contributed by atoms with Crippen molar-refractivity contribution < 1.29 is 19.0 Å². The minimum Gasteiger partial charge on any atom is -0.486 e. The van der Waals surface area contributed by atoms with Crippen molar-refractivity contribution in [1.82, 2.24) is 4.57 Å². The number of carbonyl (C=O) groups is 1. The summed E-state index contributed by atoms with van der Waals surface area (Å²) in [4.78, 5) is 24.1. The fourth-order valence-electron chi connectivity index (χ4n) is 2.47. The lowest BCUT2D eigenvalue weighted by Crippen LogP contribution is -2.25. The third kappa shape index (κ3) is 3.37. The predicted molar refractivity (Wildman–Crippen MR) is 91.0 cm³/mol. The minimum absolute atomic E-state index is 0.128. The highest BCUT2D eigenvalue weighted by atomic mass is 79.9. The molecule has 0 saturated carbocycles. The molecule has 0 saturated heterocycles. The molecule has 2 heterocycles. The van der Waals surface area contributed by atoms with Crippen LogP contribution in [0.3, 0.4) is 0 Å². The number of aromatic nitrogens is 1. The molecule has 0 radical (unpaired) electrons. The van der Waals surface area contributed by atoms with E-state index in [4.69, 9.17) is 14.7 Å². The van der Waals surface area contributed by atoms with Crippen molar-refractivity contribution in [3.05, 3.63) is 55.9 Å². The lowest BCUT2D eigenvalue weighted by atomic mass is 10.1. The first kappa shape index (κ1) is 17.0. The van der Waals surface area contributed by atoms with E-state index >= 15 is 0 Å². The molecule has 0 unspecified atom stereocenters. The number of methoxy groups -OCH3 is 1. The van der Waals surface area contributed by atoms with Gasteiger partial charge in [0.25, 0.3) is 5.56 Å². The van der Waals surface area contributed by atoms with Gasteiger partial charge in [-0.1, -0.05) is 15.9 Å². The quantitative estimate of drug-likeness (QED) is 0.727. The fraction of sp³-hybridized carbons (Fsp3) is 0.235. The van der Waals surface area contributed by atoms with Gasteiger partial charge in [0.05, 0.1) is 19.2 Å². The van der Waals surface area contributed by atoms with Gasteiger partial charge in [-0.05, 0) is 23.8 Å². The number of fused-ring (bicyclic) bond motifs is 1. The van der Waals surface area contributed by atoms with Gasteiger partial charge < -0.3 is 18.8 Å². The van der Waals surface area contributed by atoms with E-state index in [1.165, 1.54) is 23.9 Å². The van der Waals surface area contributed by atoms with Crippen LogP contribution in [0.25, 0.3) is 0 Å². The number of rotatable bonds is 3. The first-order valence-electron chi connectivity index (χ1n) is 7.34. The van der Waals surface area contributed by atoms with Crippen LogP contribution in [0.2, 0.25) is 0 Å². The van der Waals surface area contributed by atoms with Crippen molar-refractivity contribution >= 4 is 21.9 Å². The van der Waals surface area contributed by atoms with Gasteiger partial charge in [-0.3, -0.25) is 4.79 Å². The number of pyridine rings is 1. The van der Waals surface area contributed by atoms with E-state index in [9.17, 15) is 9.59 Å². The number of benzene rings is 1. The van der Waals surface area contributed by atoms with Crippen LogP contribution in [-0.4, -0.2) is 30.9 Å². The van der Waals surface area contributed by atoms with Gasteiger partial charge in [0.1, 0.15) is 24.8 Å². The molecule has 0 fully saturated rings. The maximum absolute atomic E-state index is 12.4. The molecule has 0 atom stereocenters. The average Bonchev–Trinajstić information content (AvgIpc) is 2.63. The van der Waals surface area contributed by atoms with E-state index in [0.717, 1.165) is 10.0 Å². The largest absolute Gasteiger partial charge is 0.486 e. The van der Waals surface area contributed by atoms with Crippen LogP contribution in [0.4, 0.5) is 0 Å². The molecule has 1 aromatic heterocycles. The molecule has 0 amide bonds. The fourth-order valence-corrected chi connectivity index (χ4v) is 2.92. The van der Waals surface area contributed by atoms with Crippen LogP contribution in [0.15, 0.2) is 33.7 Å². The van der Waals surface area contributed by atoms with Crippen LogP contribution >= 0.6 is 15.9 Å². The second-order valence-corrected chi connectivity index (χ2v) is 6.12. The smallest absolute Gasteiger partial charge is 0.339 e. The Morgan fingerprint density at radius 2 is 2.00 bits per heavy atom. The minimum atomic E-state index is -0.619. The van der Waals surface area contributed by atoms with Gasteiger partial charge in [0, 0.05) is 10.7 Å². The Morgan fingerprint density at radius 1 is 1.32 bits per heavy atom. The van der Waals surface area contributed by atoms with E-state index in [2.05, 4.69) is 20.7 Å². The van der Waals surface area contributed by atoms with Crippen molar-refractivity contribution in [2.24, 2.45) is 0 Å². The average molecular weight is 405 g/mol. The highest BCUT2D eigenvalue weighted by Crippen LogP contribution is 2.35. The number of ether oxygens (including phenoxy) is 3. The maximum atomic E-state index is 12.4. The Balaban J connectivity index is 2.05. The Labute approximate surface area is 151 Å². The Morgan fingerprint density at radius 3 is 2.64 bits per heavy atom. The molecular weight excluding hydrogens is 392 g/mol. The standard InChI is InChI=1S/C17H13BrN2O5/c1-23-17(22)12-4-10(7-19)16(21)20(9-12)8-11-5-14-15(6-13(11)18)25-3-2-24-14/h4-6,9H,2-3,8H2,1H3. The zero-order valence-corrected chi connectivity index (χ0v) is 14.8. The van der Waals surface area contributed by atoms with Crippen molar-refractivity contribution in [2.75, 3.05) is 20.3 Å². The van der Waals surface area contributed by atoms with Crippen LogP contribution < -0.4 is 15.0 Å². The van der Waals surface area contributed by atoms with E-state index in [1.54, 1.807) is 12.1 Å². The van der Waals surface area contributed by atoms with Crippen molar-refractivity contribution in [3.63, 3.8) is 0 Å². The van der Waals surface area contributed by atoms with E-state index in [1.807, 2.05) is 6.07 Å². The predicted octanol–water partition coefficient (Wildman–Crippen LogP) is 2.09. The van der Waals surface area contributed by atoms with Crippen LogP contribution in [-0.2, 0) is 11.3 Å². The molecule has 7 nitrogen and oxygen atoms in total. The van der Waals surface area contributed by atoms with E-state index in [0.29, 0.717) is 24.7 Å². The normalized spacial score (nSPS) is 12.4. The number of nitriles is 1. The first-order chi connectivity index (χ1) is 12.0. The second kappa shape index (κ2) is 6.99. The summed E-state index contributed by atoms with van der Waals surface area (Å²) >= 11 is 3.45. The third-order valence-electron chi connectivity index (χ3n) is 3.68. The van der Waals surface area contributed by atoms with E-state index in [-0.39, 0.29) is 17.7 Å². The van der Waals surface area contributed by atoms with Gasteiger partial charge in [-0.15, -0.1) is 0 Å². The number of halogens is 1. The number of hydrogen-bond acceptors (Lipinski definition) is 6. The summed E-state index contributed by atoms with van der Waals surface area (Å²) in [6.07, 6.45) is 1.37. The summed E-state index contributed by atoms with van der Waals surface area (Å²) in [7, 11) is 1.24. The number of carbonyl (C=O) groups excluding carboxylic acids is 1. The van der Waals surface area contributed by atoms with Crippen molar-refractivity contribution in [2.45, 2.75) is 6.54 Å².